The maximum atomic E-state index is 9.58. The van der Waals surface area contributed by atoms with Crippen LogP contribution in [0.4, 0.5) is 0 Å². The maximum Gasteiger partial charge on any atom is 0.0991 e. The van der Waals surface area contributed by atoms with Crippen molar-refractivity contribution in [3.05, 3.63) is 161 Å². The van der Waals surface area contributed by atoms with Crippen LogP contribution in [0.2, 0.25) is 0 Å². The van der Waals surface area contributed by atoms with Crippen molar-refractivity contribution in [1.29, 1.82) is 5.26 Å². The van der Waals surface area contributed by atoms with Gasteiger partial charge < -0.3 is 4.57 Å². The highest BCUT2D eigenvalue weighted by atomic mass is 15.0. The highest BCUT2D eigenvalue weighted by molar-refractivity contribution is 6.12. The van der Waals surface area contributed by atoms with Gasteiger partial charge in [0, 0.05) is 10.8 Å². The van der Waals surface area contributed by atoms with Gasteiger partial charge in [-0.3, -0.25) is 0 Å². The molecular weight excluding hydrogens is 484 g/mol. The summed E-state index contributed by atoms with van der Waals surface area (Å²) in [5.41, 5.74) is 13.9. The van der Waals surface area contributed by atoms with Crippen molar-refractivity contribution in [2.75, 3.05) is 0 Å². The van der Waals surface area contributed by atoms with E-state index in [1.807, 2.05) is 18.2 Å². The summed E-state index contributed by atoms with van der Waals surface area (Å²) in [7, 11) is 0. The summed E-state index contributed by atoms with van der Waals surface area (Å²) in [4.78, 5) is 0. The van der Waals surface area contributed by atoms with Crippen LogP contribution in [0.25, 0.3) is 49.7 Å². The van der Waals surface area contributed by atoms with E-state index in [1.165, 1.54) is 60.9 Å². The predicted molar refractivity (Wildman–Crippen MR) is 162 cm³/mol. The highest BCUT2D eigenvalue weighted by Crippen LogP contribution is 2.61. The van der Waals surface area contributed by atoms with E-state index in [0.29, 0.717) is 5.56 Å². The van der Waals surface area contributed by atoms with Gasteiger partial charge in [0.15, 0.2) is 0 Å². The molecule has 2 aliphatic rings. The van der Waals surface area contributed by atoms with Crippen molar-refractivity contribution >= 4 is 21.8 Å². The van der Waals surface area contributed by atoms with E-state index in [4.69, 9.17) is 0 Å². The molecule has 7 aromatic rings. The van der Waals surface area contributed by atoms with E-state index >= 15 is 0 Å². The third-order valence-electron chi connectivity index (χ3n) is 9.02. The van der Waals surface area contributed by atoms with E-state index in [0.717, 1.165) is 11.1 Å². The zero-order chi connectivity index (χ0) is 26.4. The van der Waals surface area contributed by atoms with Gasteiger partial charge in [0.1, 0.15) is 0 Å². The van der Waals surface area contributed by atoms with Crippen LogP contribution in [-0.4, -0.2) is 4.57 Å². The summed E-state index contributed by atoms with van der Waals surface area (Å²) >= 11 is 0. The van der Waals surface area contributed by atoms with Crippen LogP contribution in [0.1, 0.15) is 27.8 Å². The quantitative estimate of drug-likeness (QED) is 0.218. The molecule has 0 bridgehead atoms. The molecule has 2 heterocycles. The third kappa shape index (κ3) is 2.48. The number of benzene rings is 6. The van der Waals surface area contributed by atoms with Gasteiger partial charge in [0.05, 0.1) is 33.8 Å². The summed E-state index contributed by atoms with van der Waals surface area (Å²) in [6.07, 6.45) is 0. The molecule has 1 unspecified atom stereocenters. The average molecular weight is 507 g/mol. The van der Waals surface area contributed by atoms with Crippen molar-refractivity contribution in [2.24, 2.45) is 0 Å². The Kier molecular flexibility index (Phi) is 4.09. The Hall–Kier alpha value is -5.39. The third-order valence-corrected chi connectivity index (χ3v) is 9.02. The lowest BCUT2D eigenvalue weighted by molar-refractivity contribution is 0.749. The molecule has 2 heteroatoms. The topological polar surface area (TPSA) is 28.7 Å². The fourth-order valence-corrected chi connectivity index (χ4v) is 7.51. The first kappa shape index (κ1) is 21.5. The van der Waals surface area contributed by atoms with Gasteiger partial charge >= 0.3 is 0 Å². The molecular formula is C38H22N2. The molecule has 1 aromatic heterocycles. The second kappa shape index (κ2) is 7.59. The largest absolute Gasteiger partial charge is 0.309 e. The number of nitriles is 1. The fourth-order valence-electron chi connectivity index (χ4n) is 7.51. The number of hydrogen-bond acceptors (Lipinski definition) is 1. The molecule has 1 spiro atoms. The monoisotopic (exact) mass is 506 g/mol. The molecule has 40 heavy (non-hydrogen) atoms. The first-order valence-electron chi connectivity index (χ1n) is 13.7. The number of rotatable bonds is 1. The Bertz CT molecular complexity index is 2240. The van der Waals surface area contributed by atoms with Gasteiger partial charge in [-0.2, -0.15) is 5.26 Å². The average Bonchev–Trinajstić information content (AvgIpc) is 3.51. The minimum absolute atomic E-state index is 0.463. The van der Waals surface area contributed by atoms with E-state index in [2.05, 4.69) is 126 Å². The summed E-state index contributed by atoms with van der Waals surface area (Å²) in [5, 5.41) is 12.1. The van der Waals surface area contributed by atoms with Gasteiger partial charge in [-0.25, -0.2) is 0 Å². The summed E-state index contributed by atoms with van der Waals surface area (Å²) in [5.74, 6) is 0. The van der Waals surface area contributed by atoms with Crippen LogP contribution in [0.3, 0.4) is 0 Å². The van der Waals surface area contributed by atoms with Gasteiger partial charge in [0.25, 0.3) is 0 Å². The molecule has 184 valence electrons. The number of nitrogens with zero attached hydrogens (tertiary/aromatic N) is 2. The summed E-state index contributed by atoms with van der Waals surface area (Å²) in [6.45, 7) is 0. The Labute approximate surface area is 232 Å². The van der Waals surface area contributed by atoms with Gasteiger partial charge in [0.2, 0.25) is 0 Å². The molecule has 0 amide bonds. The van der Waals surface area contributed by atoms with Crippen LogP contribution >= 0.6 is 0 Å². The van der Waals surface area contributed by atoms with E-state index in [1.54, 1.807) is 0 Å². The molecule has 9 rings (SSSR count). The second-order valence-corrected chi connectivity index (χ2v) is 10.8. The standard InChI is InChI=1S/C38H22N2/c39-23-24-9-7-10-25(21-24)26-19-20-28-27-11-1-3-14-31(27)38(34(28)22-26)32-15-4-6-18-36(32)40-35-17-5-2-12-29(35)30-13-8-16-33(38)37(30)40/h1-22H. The molecule has 0 N–H and O–H groups in total. The van der Waals surface area contributed by atoms with Gasteiger partial charge in [-0.1, -0.05) is 103 Å². The van der Waals surface area contributed by atoms with Gasteiger partial charge in [-0.05, 0) is 74.8 Å². The Morgan fingerprint density at radius 3 is 2.15 bits per heavy atom. The first-order chi connectivity index (χ1) is 19.8. The van der Waals surface area contributed by atoms with E-state index < -0.39 is 5.41 Å². The molecule has 0 saturated carbocycles. The van der Waals surface area contributed by atoms with Crippen molar-refractivity contribution in [2.45, 2.75) is 5.41 Å². The lowest BCUT2D eigenvalue weighted by Crippen LogP contribution is -2.33. The van der Waals surface area contributed by atoms with E-state index in [9.17, 15) is 5.26 Å². The van der Waals surface area contributed by atoms with Crippen LogP contribution in [-0.2, 0) is 5.41 Å². The Balaban J connectivity index is 1.48. The molecule has 2 nitrogen and oxygen atoms in total. The normalized spacial score (nSPS) is 16.1. The smallest absolute Gasteiger partial charge is 0.0991 e. The predicted octanol–water partition coefficient (Wildman–Crippen LogP) is 9.00. The maximum absolute atomic E-state index is 9.58. The number of hydrogen-bond donors (Lipinski definition) is 0. The molecule has 0 radical (unpaired) electrons. The van der Waals surface area contributed by atoms with Crippen molar-refractivity contribution in [1.82, 2.24) is 4.57 Å². The molecule has 6 aromatic carbocycles. The summed E-state index contributed by atoms with van der Waals surface area (Å²) < 4.78 is 2.47. The van der Waals surface area contributed by atoms with Crippen molar-refractivity contribution < 1.29 is 0 Å². The summed E-state index contributed by atoms with van der Waals surface area (Å²) in [6, 6.07) is 50.5. The number of para-hydroxylation sites is 3. The van der Waals surface area contributed by atoms with Crippen LogP contribution < -0.4 is 0 Å². The Morgan fingerprint density at radius 2 is 1.23 bits per heavy atom. The highest BCUT2D eigenvalue weighted by Gasteiger charge is 2.50. The van der Waals surface area contributed by atoms with Crippen molar-refractivity contribution in [3.8, 4) is 34.0 Å². The minimum atomic E-state index is -0.463. The van der Waals surface area contributed by atoms with Gasteiger partial charge in [-0.15, -0.1) is 0 Å². The molecule has 1 atom stereocenters. The SMILES string of the molecule is N#Cc1cccc(-c2ccc3c(c2)C2(c4ccccc4-3)c3ccccc3-n3c4ccccc4c4cccc2c43)c1. The Morgan fingerprint density at radius 1 is 0.525 bits per heavy atom. The lowest BCUT2D eigenvalue weighted by atomic mass is 9.65. The minimum Gasteiger partial charge on any atom is -0.309 e. The fraction of sp³-hybridized carbons (Fsp3) is 0.0263. The number of fused-ring (bicyclic) bond motifs is 12. The number of aromatic nitrogens is 1. The van der Waals surface area contributed by atoms with Crippen molar-refractivity contribution in [3.63, 3.8) is 0 Å². The molecule has 1 aliphatic heterocycles. The first-order valence-corrected chi connectivity index (χ1v) is 13.7. The van der Waals surface area contributed by atoms with Crippen LogP contribution in [0.5, 0.6) is 0 Å². The zero-order valence-corrected chi connectivity index (χ0v) is 21.6. The zero-order valence-electron chi connectivity index (χ0n) is 21.6. The molecule has 0 saturated heterocycles. The second-order valence-electron chi connectivity index (χ2n) is 10.8. The molecule has 0 fully saturated rings. The van der Waals surface area contributed by atoms with Crippen LogP contribution in [0, 0.1) is 11.3 Å². The van der Waals surface area contributed by atoms with Crippen LogP contribution in [0.15, 0.2) is 133 Å². The lowest BCUT2D eigenvalue weighted by Gasteiger charge is -2.39. The molecule has 1 aliphatic carbocycles. The van der Waals surface area contributed by atoms with E-state index in [-0.39, 0.29) is 0 Å².